The molecule has 0 aromatic heterocycles. The number of thiocarbonyl (C=S) groups is 1. The van der Waals surface area contributed by atoms with Gasteiger partial charge < -0.3 is 15.4 Å². The molecule has 3 aromatic carbocycles. The van der Waals surface area contributed by atoms with Crippen LogP contribution < -0.4 is 15.4 Å². The molecule has 1 atom stereocenters. The number of nitro groups is 1. The van der Waals surface area contributed by atoms with Crippen molar-refractivity contribution in [3.05, 3.63) is 106 Å². The lowest BCUT2D eigenvalue weighted by Gasteiger charge is -2.26. The molecule has 0 amide bonds. The summed E-state index contributed by atoms with van der Waals surface area (Å²) >= 11 is 5.36. The highest BCUT2D eigenvalue weighted by Gasteiger charge is 2.19. The van der Waals surface area contributed by atoms with Crippen molar-refractivity contribution < 1.29 is 9.66 Å². The molecule has 0 spiro atoms. The van der Waals surface area contributed by atoms with Gasteiger partial charge in [0, 0.05) is 17.8 Å². The summed E-state index contributed by atoms with van der Waals surface area (Å²) in [5.41, 5.74) is 2.65. The van der Waals surface area contributed by atoms with Crippen LogP contribution in [0.2, 0.25) is 0 Å². The molecule has 144 valence electrons. The average Bonchev–Trinajstić information content (AvgIpc) is 2.74. The fraction of sp³-hybridized carbons (Fsp3) is 0.0455. The summed E-state index contributed by atoms with van der Waals surface area (Å²) in [6.45, 7) is 0. The zero-order chi connectivity index (χ0) is 20.2. The molecule has 7 heteroatoms. The highest BCUT2D eigenvalue weighted by atomic mass is 32.1. The molecular weight excluding hydrogens is 386 g/mol. The van der Waals surface area contributed by atoms with Crippen LogP contribution >= 0.6 is 12.2 Å². The van der Waals surface area contributed by atoms with Crippen molar-refractivity contribution in [1.82, 2.24) is 10.6 Å². The second kappa shape index (κ2) is 8.12. The summed E-state index contributed by atoms with van der Waals surface area (Å²) < 4.78 is 5.92. The average molecular weight is 403 g/mol. The third kappa shape index (κ3) is 4.41. The maximum atomic E-state index is 10.9. The summed E-state index contributed by atoms with van der Waals surface area (Å²) in [5, 5.41) is 17.7. The van der Waals surface area contributed by atoms with Crippen molar-refractivity contribution in [1.29, 1.82) is 0 Å². The Kier molecular flexibility index (Phi) is 5.22. The molecule has 1 aliphatic rings. The Labute approximate surface area is 173 Å². The molecule has 0 saturated carbocycles. The van der Waals surface area contributed by atoms with Crippen LogP contribution in [-0.2, 0) is 0 Å². The van der Waals surface area contributed by atoms with Gasteiger partial charge in [-0.2, -0.15) is 0 Å². The molecule has 3 aromatic rings. The van der Waals surface area contributed by atoms with Gasteiger partial charge in [0.05, 0.1) is 11.0 Å². The normalized spacial score (nSPS) is 15.7. The predicted molar refractivity (Wildman–Crippen MR) is 116 cm³/mol. The van der Waals surface area contributed by atoms with Gasteiger partial charge in [-0.3, -0.25) is 10.1 Å². The Morgan fingerprint density at radius 1 is 0.931 bits per heavy atom. The van der Waals surface area contributed by atoms with E-state index in [9.17, 15) is 10.1 Å². The van der Waals surface area contributed by atoms with Gasteiger partial charge in [0.15, 0.2) is 5.11 Å². The van der Waals surface area contributed by atoms with Crippen molar-refractivity contribution in [3.63, 3.8) is 0 Å². The minimum Gasteiger partial charge on any atom is -0.457 e. The van der Waals surface area contributed by atoms with E-state index in [4.69, 9.17) is 17.0 Å². The highest BCUT2D eigenvalue weighted by Crippen LogP contribution is 2.28. The van der Waals surface area contributed by atoms with E-state index in [1.807, 2.05) is 60.7 Å². The van der Waals surface area contributed by atoms with E-state index >= 15 is 0 Å². The van der Waals surface area contributed by atoms with Crippen molar-refractivity contribution in [2.75, 3.05) is 0 Å². The first-order valence-electron chi connectivity index (χ1n) is 8.95. The number of nitrogens with one attached hydrogen (secondary N) is 2. The third-order valence-corrected chi connectivity index (χ3v) is 4.67. The first-order valence-corrected chi connectivity index (χ1v) is 9.36. The largest absolute Gasteiger partial charge is 0.457 e. The summed E-state index contributed by atoms with van der Waals surface area (Å²) in [5.74, 6) is 1.49. The molecule has 1 aliphatic heterocycles. The molecular formula is C22H17N3O3S. The molecule has 0 radical (unpaired) electrons. The van der Waals surface area contributed by atoms with Gasteiger partial charge in [-0.15, -0.1) is 0 Å². The second-order valence-electron chi connectivity index (χ2n) is 6.45. The van der Waals surface area contributed by atoms with Crippen molar-refractivity contribution in [2.45, 2.75) is 6.04 Å². The standard InChI is InChI=1S/C22H17N3O3S/c26-25(27)17-11-9-15(10-12-17)20-14-21(24-22(29)23-20)16-5-4-8-19(13-16)28-18-6-2-1-3-7-18/h1-14,21H,(H2,23,24,29). The number of benzene rings is 3. The van der Waals surface area contributed by atoms with E-state index in [0.717, 1.165) is 28.3 Å². The highest BCUT2D eigenvalue weighted by molar-refractivity contribution is 7.80. The van der Waals surface area contributed by atoms with Crippen LogP contribution in [0.4, 0.5) is 5.69 Å². The van der Waals surface area contributed by atoms with Gasteiger partial charge >= 0.3 is 0 Å². The summed E-state index contributed by atoms with van der Waals surface area (Å²) in [7, 11) is 0. The van der Waals surface area contributed by atoms with Gasteiger partial charge in [0.25, 0.3) is 5.69 Å². The molecule has 0 saturated heterocycles. The summed E-state index contributed by atoms with van der Waals surface area (Å²) in [6, 6.07) is 23.6. The monoisotopic (exact) mass is 403 g/mol. The summed E-state index contributed by atoms with van der Waals surface area (Å²) in [4.78, 5) is 10.5. The number of ether oxygens (including phenoxy) is 1. The van der Waals surface area contributed by atoms with E-state index in [0.29, 0.717) is 5.11 Å². The van der Waals surface area contributed by atoms with Crippen LogP contribution in [0.25, 0.3) is 5.70 Å². The van der Waals surface area contributed by atoms with Gasteiger partial charge in [0.1, 0.15) is 11.5 Å². The van der Waals surface area contributed by atoms with Crippen molar-refractivity contribution in [2.24, 2.45) is 0 Å². The summed E-state index contributed by atoms with van der Waals surface area (Å²) in [6.07, 6.45) is 2.00. The number of non-ortho nitro benzene ring substituents is 1. The number of hydrogen-bond acceptors (Lipinski definition) is 4. The third-order valence-electron chi connectivity index (χ3n) is 4.45. The van der Waals surface area contributed by atoms with Gasteiger partial charge in [-0.25, -0.2) is 0 Å². The first-order chi connectivity index (χ1) is 14.1. The Morgan fingerprint density at radius 3 is 2.38 bits per heavy atom. The van der Waals surface area contributed by atoms with Crippen LogP contribution in [0.1, 0.15) is 17.2 Å². The second-order valence-corrected chi connectivity index (χ2v) is 6.86. The molecule has 1 heterocycles. The Morgan fingerprint density at radius 2 is 1.66 bits per heavy atom. The van der Waals surface area contributed by atoms with Crippen LogP contribution in [0.5, 0.6) is 11.5 Å². The fourth-order valence-electron chi connectivity index (χ4n) is 3.06. The van der Waals surface area contributed by atoms with Crippen LogP contribution in [-0.4, -0.2) is 10.0 Å². The smallest absolute Gasteiger partial charge is 0.269 e. The Hall–Kier alpha value is -3.71. The van der Waals surface area contributed by atoms with Gasteiger partial charge in [-0.1, -0.05) is 30.3 Å². The van der Waals surface area contributed by atoms with Crippen LogP contribution in [0, 0.1) is 10.1 Å². The van der Waals surface area contributed by atoms with Gasteiger partial charge in [-0.05, 0) is 65.8 Å². The molecule has 6 nitrogen and oxygen atoms in total. The lowest BCUT2D eigenvalue weighted by Crippen LogP contribution is -2.40. The number of rotatable bonds is 5. The quantitative estimate of drug-likeness (QED) is 0.357. The van der Waals surface area contributed by atoms with Crippen LogP contribution in [0.15, 0.2) is 84.9 Å². The molecule has 0 bridgehead atoms. The SMILES string of the molecule is O=[N+]([O-])c1ccc(C2=CC(c3cccc(Oc4ccccc4)c3)NC(=S)N2)cc1. The van der Waals surface area contributed by atoms with Crippen LogP contribution in [0.3, 0.4) is 0 Å². The molecule has 0 aliphatic carbocycles. The Bertz CT molecular complexity index is 1080. The minimum absolute atomic E-state index is 0.0492. The predicted octanol–water partition coefficient (Wildman–Crippen LogP) is 4.95. The first kappa shape index (κ1) is 18.6. The number of para-hydroxylation sites is 1. The Balaban J connectivity index is 1.60. The molecule has 29 heavy (non-hydrogen) atoms. The lowest BCUT2D eigenvalue weighted by molar-refractivity contribution is -0.384. The topological polar surface area (TPSA) is 76.4 Å². The molecule has 0 fully saturated rings. The van der Waals surface area contributed by atoms with E-state index < -0.39 is 4.92 Å². The van der Waals surface area contributed by atoms with Crippen molar-refractivity contribution in [3.8, 4) is 11.5 Å². The zero-order valence-corrected chi connectivity index (χ0v) is 16.1. The van der Waals surface area contributed by atoms with E-state index in [2.05, 4.69) is 10.6 Å². The fourth-order valence-corrected chi connectivity index (χ4v) is 3.29. The number of nitro benzene ring substituents is 1. The van der Waals surface area contributed by atoms with E-state index in [1.165, 1.54) is 12.1 Å². The van der Waals surface area contributed by atoms with Crippen molar-refractivity contribution >= 4 is 28.7 Å². The maximum absolute atomic E-state index is 10.9. The van der Waals surface area contributed by atoms with E-state index in [-0.39, 0.29) is 11.7 Å². The molecule has 2 N–H and O–H groups in total. The number of hydrogen-bond donors (Lipinski definition) is 2. The molecule has 4 rings (SSSR count). The maximum Gasteiger partial charge on any atom is 0.269 e. The lowest BCUT2D eigenvalue weighted by atomic mass is 10.0. The zero-order valence-electron chi connectivity index (χ0n) is 15.2. The number of nitrogens with zero attached hydrogens (tertiary/aromatic N) is 1. The van der Waals surface area contributed by atoms with Gasteiger partial charge in [0.2, 0.25) is 0 Å². The molecule has 1 unspecified atom stereocenters. The van der Waals surface area contributed by atoms with E-state index in [1.54, 1.807) is 12.1 Å². The minimum atomic E-state index is -0.417.